The molecule has 2 heterocycles. The molecule has 2 unspecified atom stereocenters. The number of hydrogen-bond donors (Lipinski definition) is 1. The van der Waals surface area contributed by atoms with Gasteiger partial charge in [0.05, 0.1) is 17.6 Å². The lowest BCUT2D eigenvalue weighted by Crippen LogP contribution is -2.31. The summed E-state index contributed by atoms with van der Waals surface area (Å²) in [7, 11) is 1.36. The fourth-order valence-corrected chi connectivity index (χ4v) is 4.75. The van der Waals surface area contributed by atoms with Crippen LogP contribution in [0.15, 0.2) is 27.5 Å². The number of nitrogens with one attached hydrogen (secondary N) is 1. The third kappa shape index (κ3) is 3.59. The molecule has 4 rings (SSSR count). The minimum atomic E-state index is -0.429. The number of pyridine rings is 1. The summed E-state index contributed by atoms with van der Waals surface area (Å²) in [6, 6.07) is 5.58. The van der Waals surface area contributed by atoms with Gasteiger partial charge in [-0.25, -0.2) is 4.79 Å². The zero-order valence-electron chi connectivity index (χ0n) is 16.5. The molecule has 1 N–H and O–H groups in total. The number of methoxy groups -OCH3 is 1. The molecular weight excluding hydrogens is 394 g/mol. The maximum Gasteiger partial charge on any atom is 0.406 e. The van der Waals surface area contributed by atoms with Gasteiger partial charge in [0, 0.05) is 18.0 Å². The van der Waals surface area contributed by atoms with Gasteiger partial charge in [0.15, 0.2) is 0 Å². The first kappa shape index (κ1) is 19.8. The number of benzene rings is 1. The van der Waals surface area contributed by atoms with Crippen molar-refractivity contribution in [2.75, 3.05) is 13.7 Å². The van der Waals surface area contributed by atoms with E-state index in [-0.39, 0.29) is 17.5 Å². The molecule has 1 amide bonds. The molecule has 1 fully saturated rings. The van der Waals surface area contributed by atoms with Crippen LogP contribution >= 0.6 is 11.6 Å². The van der Waals surface area contributed by atoms with Crippen LogP contribution in [0, 0.1) is 12.8 Å². The van der Waals surface area contributed by atoms with E-state index in [2.05, 4.69) is 15.2 Å². The van der Waals surface area contributed by atoms with Crippen molar-refractivity contribution in [1.82, 2.24) is 15.0 Å². The van der Waals surface area contributed by atoms with E-state index in [0.29, 0.717) is 28.2 Å². The second-order valence-corrected chi connectivity index (χ2v) is 8.09. The number of rotatable bonds is 3. The number of fused-ring (bicyclic) bond motifs is 3. The highest BCUT2D eigenvalue weighted by atomic mass is 35.5. The first-order valence-corrected chi connectivity index (χ1v) is 10.3. The topological polar surface area (TPSA) is 86.4 Å². The molecule has 7 nitrogen and oxygen atoms in total. The van der Waals surface area contributed by atoms with Gasteiger partial charge in [0.2, 0.25) is 0 Å². The fourth-order valence-electron chi connectivity index (χ4n) is 4.49. The first-order chi connectivity index (χ1) is 14.0. The highest BCUT2D eigenvalue weighted by molar-refractivity contribution is 6.37. The predicted molar refractivity (Wildman–Crippen MR) is 112 cm³/mol. The van der Waals surface area contributed by atoms with E-state index < -0.39 is 6.09 Å². The van der Waals surface area contributed by atoms with Crippen LogP contribution in [0.3, 0.4) is 0 Å². The molecule has 29 heavy (non-hydrogen) atoms. The van der Waals surface area contributed by atoms with E-state index in [9.17, 15) is 9.59 Å². The van der Waals surface area contributed by atoms with Crippen molar-refractivity contribution in [1.29, 1.82) is 0 Å². The SMILES string of the molecule is COC(=O)NCC1CCCCC(n2c(=O)c3c(C)onc3c3c(Cl)cccc32)C1. The molecule has 0 saturated heterocycles. The number of aromatic nitrogens is 2. The number of ether oxygens (including phenoxy) is 1. The van der Waals surface area contributed by atoms with E-state index in [4.69, 9.17) is 16.1 Å². The Bertz CT molecular complexity index is 1120. The van der Waals surface area contributed by atoms with Crippen molar-refractivity contribution in [3.63, 3.8) is 0 Å². The number of alkyl carbamates (subject to hydrolysis) is 1. The van der Waals surface area contributed by atoms with Crippen LogP contribution in [0.25, 0.3) is 21.8 Å². The fraction of sp³-hybridized carbons (Fsp3) is 0.476. The van der Waals surface area contributed by atoms with Crippen LogP contribution in [0.5, 0.6) is 0 Å². The van der Waals surface area contributed by atoms with Crippen molar-refractivity contribution in [2.45, 2.75) is 45.1 Å². The van der Waals surface area contributed by atoms with E-state index in [1.54, 1.807) is 13.0 Å². The highest BCUT2D eigenvalue weighted by Gasteiger charge is 2.27. The van der Waals surface area contributed by atoms with Crippen molar-refractivity contribution < 1.29 is 14.1 Å². The van der Waals surface area contributed by atoms with Crippen molar-refractivity contribution in [3.8, 4) is 0 Å². The van der Waals surface area contributed by atoms with Crippen molar-refractivity contribution in [3.05, 3.63) is 39.3 Å². The Kier molecular flexibility index (Phi) is 5.50. The van der Waals surface area contributed by atoms with Crippen LogP contribution in [-0.4, -0.2) is 29.5 Å². The van der Waals surface area contributed by atoms with Gasteiger partial charge in [-0.2, -0.15) is 0 Å². The summed E-state index contributed by atoms with van der Waals surface area (Å²) in [6.07, 6.45) is 4.35. The van der Waals surface area contributed by atoms with E-state index in [1.807, 2.05) is 16.7 Å². The standard InChI is InChI=1S/C21H24ClN3O4/c1-12-17-19(24-29-12)18-15(22)8-5-9-16(18)25(20(17)26)14-7-4-3-6-13(10-14)11-23-21(27)28-2/h5,8-9,13-14H,3-4,6-7,10-11H2,1-2H3,(H,23,27). The number of halogens is 1. The van der Waals surface area contributed by atoms with E-state index in [0.717, 1.165) is 43.0 Å². The molecule has 1 aromatic carbocycles. The largest absolute Gasteiger partial charge is 0.453 e. The van der Waals surface area contributed by atoms with Gasteiger partial charge in [-0.1, -0.05) is 35.7 Å². The average molecular weight is 418 g/mol. The maximum atomic E-state index is 13.5. The smallest absolute Gasteiger partial charge is 0.406 e. The van der Waals surface area contributed by atoms with Gasteiger partial charge in [0.1, 0.15) is 16.7 Å². The third-order valence-electron chi connectivity index (χ3n) is 5.87. The molecule has 0 spiro atoms. The maximum absolute atomic E-state index is 13.5. The van der Waals surface area contributed by atoms with Gasteiger partial charge in [0.25, 0.3) is 5.56 Å². The zero-order valence-corrected chi connectivity index (χ0v) is 17.3. The Hall–Kier alpha value is -2.54. The Morgan fingerprint density at radius 1 is 1.34 bits per heavy atom. The molecule has 0 radical (unpaired) electrons. The number of nitrogens with zero attached hydrogens (tertiary/aromatic N) is 2. The summed E-state index contributed by atoms with van der Waals surface area (Å²) in [4.78, 5) is 25.0. The second kappa shape index (κ2) is 8.06. The molecule has 154 valence electrons. The van der Waals surface area contributed by atoms with Gasteiger partial charge in [-0.3, -0.25) is 4.79 Å². The summed E-state index contributed by atoms with van der Waals surface area (Å²) in [5, 5.41) is 8.69. The molecule has 1 aliphatic carbocycles. The van der Waals surface area contributed by atoms with Gasteiger partial charge in [-0.15, -0.1) is 0 Å². The summed E-state index contributed by atoms with van der Waals surface area (Å²) in [5.41, 5.74) is 1.19. The Morgan fingerprint density at radius 2 is 2.14 bits per heavy atom. The first-order valence-electron chi connectivity index (χ1n) is 9.91. The van der Waals surface area contributed by atoms with Crippen molar-refractivity contribution >= 4 is 39.5 Å². The lowest BCUT2D eigenvalue weighted by atomic mass is 9.97. The van der Waals surface area contributed by atoms with Crippen LogP contribution in [-0.2, 0) is 4.74 Å². The van der Waals surface area contributed by atoms with Crippen LogP contribution < -0.4 is 10.9 Å². The number of carbonyl (C=O) groups is 1. The Labute approximate surface area is 172 Å². The predicted octanol–water partition coefficient (Wildman–Crippen LogP) is 4.58. The summed E-state index contributed by atoms with van der Waals surface area (Å²) >= 11 is 6.51. The molecular formula is C21H24ClN3O4. The number of carbonyl (C=O) groups excluding carboxylic acids is 1. The van der Waals surface area contributed by atoms with Crippen LogP contribution in [0.2, 0.25) is 5.02 Å². The zero-order chi connectivity index (χ0) is 20.5. The molecule has 2 atom stereocenters. The number of hydrogen-bond acceptors (Lipinski definition) is 5. The summed E-state index contributed by atoms with van der Waals surface area (Å²) in [5.74, 6) is 0.764. The molecule has 8 heteroatoms. The molecule has 1 saturated carbocycles. The Balaban J connectivity index is 1.82. The van der Waals surface area contributed by atoms with Gasteiger partial charge < -0.3 is 19.1 Å². The van der Waals surface area contributed by atoms with E-state index >= 15 is 0 Å². The second-order valence-electron chi connectivity index (χ2n) is 7.68. The summed E-state index contributed by atoms with van der Waals surface area (Å²) < 4.78 is 11.9. The molecule has 0 bridgehead atoms. The van der Waals surface area contributed by atoms with E-state index in [1.165, 1.54) is 7.11 Å². The molecule has 0 aliphatic heterocycles. The normalized spacial score (nSPS) is 20.0. The lowest BCUT2D eigenvalue weighted by molar-refractivity contribution is 0.168. The van der Waals surface area contributed by atoms with Gasteiger partial charge in [-0.05, 0) is 44.2 Å². The van der Waals surface area contributed by atoms with Crippen LogP contribution in [0.4, 0.5) is 4.79 Å². The Morgan fingerprint density at radius 3 is 2.93 bits per heavy atom. The lowest BCUT2D eigenvalue weighted by Gasteiger charge is -2.24. The number of amides is 1. The molecule has 1 aliphatic rings. The molecule has 3 aromatic rings. The minimum absolute atomic E-state index is 0.00844. The minimum Gasteiger partial charge on any atom is -0.453 e. The summed E-state index contributed by atoms with van der Waals surface area (Å²) in [6.45, 7) is 2.28. The molecule has 2 aromatic heterocycles. The highest BCUT2D eigenvalue weighted by Crippen LogP contribution is 2.36. The average Bonchev–Trinajstić information content (AvgIpc) is 2.94. The third-order valence-corrected chi connectivity index (χ3v) is 6.19. The van der Waals surface area contributed by atoms with Gasteiger partial charge >= 0.3 is 6.09 Å². The monoisotopic (exact) mass is 417 g/mol. The van der Waals surface area contributed by atoms with Crippen LogP contribution in [0.1, 0.15) is 43.9 Å². The van der Waals surface area contributed by atoms with Crippen molar-refractivity contribution in [2.24, 2.45) is 5.92 Å². The number of aryl methyl sites for hydroxylation is 1. The quantitative estimate of drug-likeness (QED) is 0.630.